The summed E-state index contributed by atoms with van der Waals surface area (Å²) in [5.41, 5.74) is 7.94. The maximum absolute atomic E-state index is 2.36. The van der Waals surface area contributed by atoms with Crippen molar-refractivity contribution in [1.29, 1.82) is 0 Å². The highest BCUT2D eigenvalue weighted by Gasteiger charge is 2.24. The molecule has 0 nitrogen and oxygen atoms in total. The molecule has 1 aromatic carbocycles. The van der Waals surface area contributed by atoms with E-state index in [4.69, 9.17) is 0 Å². The predicted octanol–water partition coefficient (Wildman–Crippen LogP) is 3.49. The van der Waals surface area contributed by atoms with Crippen LogP contribution in [0, 0.1) is 6.92 Å². The van der Waals surface area contributed by atoms with Crippen LogP contribution in [-0.4, -0.2) is 0 Å². The summed E-state index contributed by atoms with van der Waals surface area (Å²) >= 11 is 0. The summed E-state index contributed by atoms with van der Waals surface area (Å²) in [6.45, 7) is 2.19. The Labute approximate surface area is 79.3 Å². The topological polar surface area (TPSA) is 0 Å². The molecule has 2 aliphatic carbocycles. The number of allylic oxidation sites excluding steroid dienone is 2. The Morgan fingerprint density at radius 2 is 1.85 bits per heavy atom. The summed E-state index contributed by atoms with van der Waals surface area (Å²) in [5.74, 6) is 0. The highest BCUT2D eigenvalue weighted by atomic mass is 14.3. The Kier molecular flexibility index (Phi) is 1.40. The number of hydrogen-bond donors (Lipinski definition) is 0. The number of benzene rings is 1. The molecular weight excluding hydrogens is 156 g/mol. The van der Waals surface area contributed by atoms with E-state index in [1.54, 1.807) is 22.3 Å². The van der Waals surface area contributed by atoms with E-state index in [-0.39, 0.29) is 0 Å². The number of rotatable bonds is 0. The van der Waals surface area contributed by atoms with Crippen molar-refractivity contribution < 1.29 is 0 Å². The van der Waals surface area contributed by atoms with Crippen LogP contribution in [0.4, 0.5) is 0 Å². The fourth-order valence-electron chi connectivity index (χ4n) is 2.32. The van der Waals surface area contributed by atoms with E-state index >= 15 is 0 Å². The summed E-state index contributed by atoms with van der Waals surface area (Å²) in [6, 6.07) is 6.91. The van der Waals surface area contributed by atoms with Crippen LogP contribution < -0.4 is 0 Å². The van der Waals surface area contributed by atoms with Gasteiger partial charge in [-0.1, -0.05) is 29.3 Å². The summed E-state index contributed by atoms with van der Waals surface area (Å²) in [7, 11) is 0. The molecule has 13 heavy (non-hydrogen) atoms. The molecule has 0 aromatic heterocycles. The molecule has 0 amide bonds. The van der Waals surface area contributed by atoms with Gasteiger partial charge >= 0.3 is 0 Å². The highest BCUT2D eigenvalue weighted by Crippen LogP contribution is 2.43. The monoisotopic (exact) mass is 170 g/mol. The van der Waals surface area contributed by atoms with Crippen molar-refractivity contribution in [1.82, 2.24) is 0 Å². The van der Waals surface area contributed by atoms with Crippen molar-refractivity contribution >= 4 is 5.57 Å². The van der Waals surface area contributed by atoms with Crippen molar-refractivity contribution in [3.63, 3.8) is 0 Å². The van der Waals surface area contributed by atoms with Gasteiger partial charge in [-0.05, 0) is 49.3 Å². The SMILES string of the molecule is Cc1ccc2c(c1)C(=C1CC1)CC2. The normalized spacial score (nSPS) is 19.2. The summed E-state index contributed by atoms with van der Waals surface area (Å²) in [6.07, 6.45) is 5.30. The van der Waals surface area contributed by atoms with Crippen LogP contribution >= 0.6 is 0 Å². The third kappa shape index (κ3) is 1.13. The lowest BCUT2D eigenvalue weighted by molar-refractivity contribution is 1.08. The second-order valence-corrected chi connectivity index (χ2v) is 4.24. The second-order valence-electron chi connectivity index (χ2n) is 4.24. The van der Waals surface area contributed by atoms with Crippen molar-refractivity contribution in [2.45, 2.75) is 32.6 Å². The van der Waals surface area contributed by atoms with Crippen LogP contribution in [0.15, 0.2) is 23.8 Å². The fraction of sp³-hybridized carbons (Fsp3) is 0.385. The van der Waals surface area contributed by atoms with Gasteiger partial charge < -0.3 is 0 Å². The van der Waals surface area contributed by atoms with Crippen LogP contribution in [0.25, 0.3) is 5.57 Å². The Bertz CT molecular complexity index is 390. The van der Waals surface area contributed by atoms with E-state index in [0.717, 1.165) is 0 Å². The summed E-state index contributed by atoms with van der Waals surface area (Å²) < 4.78 is 0. The minimum absolute atomic E-state index is 1.27. The van der Waals surface area contributed by atoms with Crippen LogP contribution in [-0.2, 0) is 6.42 Å². The molecule has 2 aliphatic rings. The maximum atomic E-state index is 2.36. The van der Waals surface area contributed by atoms with Gasteiger partial charge in [0.25, 0.3) is 0 Å². The van der Waals surface area contributed by atoms with E-state index in [1.165, 1.54) is 31.2 Å². The molecule has 0 heteroatoms. The van der Waals surface area contributed by atoms with Gasteiger partial charge in [0, 0.05) is 0 Å². The Hall–Kier alpha value is -1.04. The van der Waals surface area contributed by atoms with E-state index < -0.39 is 0 Å². The van der Waals surface area contributed by atoms with E-state index in [2.05, 4.69) is 25.1 Å². The Morgan fingerprint density at radius 3 is 2.62 bits per heavy atom. The third-order valence-electron chi connectivity index (χ3n) is 3.16. The molecule has 0 N–H and O–H groups in total. The zero-order chi connectivity index (χ0) is 8.84. The summed E-state index contributed by atoms with van der Waals surface area (Å²) in [4.78, 5) is 0. The molecule has 1 saturated carbocycles. The van der Waals surface area contributed by atoms with Gasteiger partial charge in [-0.25, -0.2) is 0 Å². The van der Waals surface area contributed by atoms with Crippen LogP contribution in [0.3, 0.4) is 0 Å². The molecule has 0 unspecified atom stereocenters. The lowest BCUT2D eigenvalue weighted by Gasteiger charge is -2.01. The highest BCUT2D eigenvalue weighted by molar-refractivity contribution is 5.77. The molecular formula is C13H14. The van der Waals surface area contributed by atoms with E-state index in [0.29, 0.717) is 0 Å². The van der Waals surface area contributed by atoms with Gasteiger partial charge in [0.15, 0.2) is 0 Å². The molecule has 0 spiro atoms. The Morgan fingerprint density at radius 1 is 1.00 bits per heavy atom. The largest absolute Gasteiger partial charge is 0.0658 e. The first-order valence-electron chi connectivity index (χ1n) is 5.15. The van der Waals surface area contributed by atoms with Crippen LogP contribution in [0.2, 0.25) is 0 Å². The van der Waals surface area contributed by atoms with Crippen molar-refractivity contribution in [3.05, 3.63) is 40.5 Å². The average molecular weight is 170 g/mol. The molecule has 0 bridgehead atoms. The van der Waals surface area contributed by atoms with E-state index in [1.807, 2.05) is 0 Å². The second kappa shape index (κ2) is 2.47. The molecule has 1 aromatic rings. The van der Waals surface area contributed by atoms with Gasteiger partial charge in [0.05, 0.1) is 0 Å². The fourth-order valence-corrected chi connectivity index (χ4v) is 2.32. The zero-order valence-corrected chi connectivity index (χ0v) is 8.06. The van der Waals surface area contributed by atoms with E-state index in [9.17, 15) is 0 Å². The first kappa shape index (κ1) is 7.37. The minimum atomic E-state index is 1.27. The average Bonchev–Trinajstić information content (AvgIpc) is 2.87. The number of aryl methyl sites for hydroxylation is 2. The minimum Gasteiger partial charge on any atom is -0.0658 e. The molecule has 0 aliphatic heterocycles. The Balaban J connectivity index is 2.19. The molecule has 66 valence electrons. The molecule has 0 radical (unpaired) electrons. The standard InChI is InChI=1S/C13H14/c1-9-2-3-11-6-7-12(10-4-5-10)13(11)8-9/h2-3,8H,4-7H2,1H3. The predicted molar refractivity (Wildman–Crippen MR) is 55.7 cm³/mol. The lowest BCUT2D eigenvalue weighted by Crippen LogP contribution is -1.82. The van der Waals surface area contributed by atoms with Gasteiger partial charge in [0.2, 0.25) is 0 Å². The molecule has 3 rings (SSSR count). The van der Waals surface area contributed by atoms with Gasteiger partial charge in [0.1, 0.15) is 0 Å². The lowest BCUT2D eigenvalue weighted by atomic mass is 10.0. The maximum Gasteiger partial charge on any atom is -0.0190 e. The number of hydrogen-bond acceptors (Lipinski definition) is 0. The molecule has 0 heterocycles. The van der Waals surface area contributed by atoms with Crippen molar-refractivity contribution in [2.75, 3.05) is 0 Å². The first-order chi connectivity index (χ1) is 6.34. The summed E-state index contributed by atoms with van der Waals surface area (Å²) in [5, 5.41) is 0. The van der Waals surface area contributed by atoms with Crippen LogP contribution in [0.1, 0.15) is 36.0 Å². The number of fused-ring (bicyclic) bond motifs is 1. The van der Waals surface area contributed by atoms with Crippen LogP contribution in [0.5, 0.6) is 0 Å². The quantitative estimate of drug-likeness (QED) is 0.559. The smallest absolute Gasteiger partial charge is 0.0190 e. The third-order valence-corrected chi connectivity index (χ3v) is 3.16. The van der Waals surface area contributed by atoms with Gasteiger partial charge in [-0.2, -0.15) is 0 Å². The van der Waals surface area contributed by atoms with Crippen molar-refractivity contribution in [3.8, 4) is 0 Å². The van der Waals surface area contributed by atoms with Gasteiger partial charge in [-0.3, -0.25) is 0 Å². The molecule has 0 atom stereocenters. The molecule has 0 saturated heterocycles. The molecule has 1 fully saturated rings. The first-order valence-corrected chi connectivity index (χ1v) is 5.15. The van der Waals surface area contributed by atoms with Gasteiger partial charge in [-0.15, -0.1) is 0 Å². The van der Waals surface area contributed by atoms with Crippen molar-refractivity contribution in [2.24, 2.45) is 0 Å². The zero-order valence-electron chi connectivity index (χ0n) is 8.06.